The van der Waals surface area contributed by atoms with E-state index < -0.39 is 5.97 Å². The Kier molecular flexibility index (Phi) is 5.78. The van der Waals surface area contributed by atoms with Crippen molar-refractivity contribution < 1.29 is 14.7 Å². The number of aromatic nitrogens is 1. The predicted molar refractivity (Wildman–Crippen MR) is 71.0 cm³/mol. The molecule has 0 atom stereocenters. The highest BCUT2D eigenvalue weighted by molar-refractivity contribution is 5.87. The second kappa shape index (κ2) is 7.35. The summed E-state index contributed by atoms with van der Waals surface area (Å²) in [6, 6.07) is 2.72. The van der Waals surface area contributed by atoms with E-state index in [2.05, 4.69) is 10.3 Å². The molecule has 0 radical (unpaired) electrons. The summed E-state index contributed by atoms with van der Waals surface area (Å²) in [5.74, 6) is -1.00. The molecule has 0 aliphatic carbocycles. The first-order chi connectivity index (χ1) is 9.08. The topological polar surface area (TPSA) is 82.5 Å². The van der Waals surface area contributed by atoms with Crippen LogP contribution in [0.1, 0.15) is 36.3 Å². The third kappa shape index (κ3) is 4.57. The molecule has 0 fully saturated rings. The molecule has 0 saturated heterocycles. The van der Waals surface area contributed by atoms with E-state index in [0.717, 1.165) is 6.42 Å². The molecule has 1 heterocycles. The van der Waals surface area contributed by atoms with E-state index in [0.29, 0.717) is 18.8 Å². The zero-order valence-corrected chi connectivity index (χ0v) is 11.2. The van der Waals surface area contributed by atoms with E-state index in [4.69, 9.17) is 5.11 Å². The summed E-state index contributed by atoms with van der Waals surface area (Å²) in [6.07, 6.45) is 2.32. The lowest BCUT2D eigenvalue weighted by Crippen LogP contribution is -2.40. The van der Waals surface area contributed by atoms with Crippen LogP contribution in [0.2, 0.25) is 0 Å². The third-order valence-electron chi connectivity index (χ3n) is 2.65. The Morgan fingerprint density at radius 3 is 2.74 bits per heavy atom. The van der Waals surface area contributed by atoms with Gasteiger partial charge in [-0.15, -0.1) is 0 Å². The lowest BCUT2D eigenvalue weighted by atomic mass is 10.2. The Morgan fingerprint density at radius 2 is 2.16 bits per heavy atom. The van der Waals surface area contributed by atoms with Gasteiger partial charge in [0, 0.05) is 19.3 Å². The van der Waals surface area contributed by atoms with Crippen molar-refractivity contribution in [3.05, 3.63) is 29.6 Å². The van der Waals surface area contributed by atoms with Crippen LogP contribution in [0.4, 0.5) is 4.79 Å². The van der Waals surface area contributed by atoms with Crippen molar-refractivity contribution in [2.45, 2.75) is 26.8 Å². The Morgan fingerprint density at radius 1 is 1.42 bits per heavy atom. The first-order valence-corrected chi connectivity index (χ1v) is 6.29. The zero-order chi connectivity index (χ0) is 14.3. The monoisotopic (exact) mass is 265 g/mol. The molecule has 2 amide bonds. The van der Waals surface area contributed by atoms with Gasteiger partial charge in [-0.25, -0.2) is 9.59 Å². The number of pyridine rings is 1. The third-order valence-corrected chi connectivity index (χ3v) is 2.65. The van der Waals surface area contributed by atoms with Gasteiger partial charge in [-0.1, -0.05) is 6.92 Å². The molecular weight excluding hydrogens is 246 g/mol. The summed E-state index contributed by atoms with van der Waals surface area (Å²) in [6.45, 7) is 5.49. The number of amides is 2. The van der Waals surface area contributed by atoms with Gasteiger partial charge in [0.25, 0.3) is 0 Å². The maximum atomic E-state index is 11.8. The number of hydrogen-bond donors (Lipinski definition) is 2. The Hall–Kier alpha value is -2.11. The zero-order valence-electron chi connectivity index (χ0n) is 11.2. The van der Waals surface area contributed by atoms with E-state index in [9.17, 15) is 9.59 Å². The lowest BCUT2D eigenvalue weighted by molar-refractivity contribution is 0.0696. The number of carbonyl (C=O) groups is 2. The molecule has 0 aliphatic rings. The molecule has 6 heteroatoms. The minimum atomic E-state index is -1.00. The number of aromatic carboxylic acids is 1. The van der Waals surface area contributed by atoms with Crippen molar-refractivity contribution in [1.82, 2.24) is 15.2 Å². The van der Waals surface area contributed by atoms with Crippen LogP contribution in [0.3, 0.4) is 0 Å². The number of nitrogens with zero attached hydrogens (tertiary/aromatic N) is 2. The number of urea groups is 1. The molecule has 0 aliphatic heterocycles. The molecule has 0 unspecified atom stereocenters. The van der Waals surface area contributed by atoms with Gasteiger partial charge in [0.2, 0.25) is 0 Å². The summed E-state index contributed by atoms with van der Waals surface area (Å²) in [5, 5.41) is 11.6. The molecule has 0 aromatic carbocycles. The van der Waals surface area contributed by atoms with Crippen molar-refractivity contribution >= 4 is 12.0 Å². The molecule has 0 saturated carbocycles. The number of nitrogens with one attached hydrogen (secondary N) is 1. The fourth-order valence-corrected chi connectivity index (χ4v) is 1.66. The maximum Gasteiger partial charge on any atom is 0.335 e. The second-order valence-corrected chi connectivity index (χ2v) is 4.08. The van der Waals surface area contributed by atoms with Crippen molar-refractivity contribution in [3.63, 3.8) is 0 Å². The molecule has 104 valence electrons. The highest BCUT2D eigenvalue weighted by atomic mass is 16.4. The van der Waals surface area contributed by atoms with E-state index in [1.807, 2.05) is 13.8 Å². The van der Waals surface area contributed by atoms with Crippen LogP contribution in [-0.2, 0) is 6.54 Å². The van der Waals surface area contributed by atoms with Crippen LogP contribution in [0, 0.1) is 0 Å². The summed E-state index contributed by atoms with van der Waals surface area (Å²) in [5.41, 5.74) is 0.695. The van der Waals surface area contributed by atoms with Crippen LogP contribution in [0.25, 0.3) is 0 Å². The average molecular weight is 265 g/mol. The van der Waals surface area contributed by atoms with Crippen LogP contribution < -0.4 is 5.32 Å². The molecule has 1 aromatic rings. The first-order valence-electron chi connectivity index (χ1n) is 6.29. The first kappa shape index (κ1) is 14.9. The SMILES string of the molecule is CCCN(CC)C(=O)NCc1cc(C(=O)O)ccn1. The molecule has 0 bridgehead atoms. The van der Waals surface area contributed by atoms with E-state index in [1.165, 1.54) is 18.3 Å². The van der Waals surface area contributed by atoms with Crippen molar-refractivity contribution in [2.24, 2.45) is 0 Å². The Bertz CT molecular complexity index is 449. The predicted octanol–water partition coefficient (Wildman–Crippen LogP) is 1.72. The van der Waals surface area contributed by atoms with Gasteiger partial charge in [0.05, 0.1) is 17.8 Å². The summed E-state index contributed by atoms with van der Waals surface area (Å²) in [4.78, 5) is 28.4. The number of carboxylic acids is 1. The summed E-state index contributed by atoms with van der Waals surface area (Å²) < 4.78 is 0. The lowest BCUT2D eigenvalue weighted by Gasteiger charge is -2.20. The highest BCUT2D eigenvalue weighted by Gasteiger charge is 2.10. The summed E-state index contributed by atoms with van der Waals surface area (Å²) >= 11 is 0. The van der Waals surface area contributed by atoms with E-state index in [-0.39, 0.29) is 18.1 Å². The van der Waals surface area contributed by atoms with Gasteiger partial charge >= 0.3 is 12.0 Å². The van der Waals surface area contributed by atoms with Crippen LogP contribution >= 0.6 is 0 Å². The highest BCUT2D eigenvalue weighted by Crippen LogP contribution is 2.02. The van der Waals surface area contributed by atoms with Crippen LogP contribution in [0.5, 0.6) is 0 Å². The molecule has 1 rings (SSSR count). The number of hydrogen-bond acceptors (Lipinski definition) is 3. The molecule has 1 aromatic heterocycles. The van der Waals surface area contributed by atoms with Gasteiger partial charge in [-0.05, 0) is 25.5 Å². The minimum Gasteiger partial charge on any atom is -0.478 e. The molecule has 2 N–H and O–H groups in total. The standard InChI is InChI=1S/C13H19N3O3/c1-3-7-16(4-2)13(19)15-9-11-8-10(12(17)18)5-6-14-11/h5-6,8H,3-4,7,9H2,1-2H3,(H,15,19)(H,17,18). The Labute approximate surface area is 112 Å². The van der Waals surface area contributed by atoms with Crippen LogP contribution in [0.15, 0.2) is 18.3 Å². The molecule has 0 spiro atoms. The number of carbonyl (C=O) groups excluding carboxylic acids is 1. The van der Waals surface area contributed by atoms with Gasteiger partial charge < -0.3 is 15.3 Å². The molecule has 19 heavy (non-hydrogen) atoms. The Balaban J connectivity index is 2.58. The quantitative estimate of drug-likeness (QED) is 0.820. The smallest absolute Gasteiger partial charge is 0.335 e. The maximum absolute atomic E-state index is 11.8. The fraction of sp³-hybridized carbons (Fsp3) is 0.462. The number of rotatable bonds is 6. The van der Waals surface area contributed by atoms with Crippen LogP contribution in [-0.4, -0.2) is 40.1 Å². The van der Waals surface area contributed by atoms with Gasteiger partial charge in [0.15, 0.2) is 0 Å². The summed E-state index contributed by atoms with van der Waals surface area (Å²) in [7, 11) is 0. The average Bonchev–Trinajstić information content (AvgIpc) is 2.42. The van der Waals surface area contributed by atoms with Crippen molar-refractivity contribution in [2.75, 3.05) is 13.1 Å². The normalized spacial score (nSPS) is 10.0. The van der Waals surface area contributed by atoms with Gasteiger partial charge in [-0.2, -0.15) is 0 Å². The van der Waals surface area contributed by atoms with Crippen molar-refractivity contribution in [1.29, 1.82) is 0 Å². The van der Waals surface area contributed by atoms with Gasteiger partial charge in [-0.3, -0.25) is 4.98 Å². The number of carboxylic acid groups (broad SMARTS) is 1. The second-order valence-electron chi connectivity index (χ2n) is 4.08. The van der Waals surface area contributed by atoms with E-state index >= 15 is 0 Å². The van der Waals surface area contributed by atoms with Gasteiger partial charge in [0.1, 0.15) is 0 Å². The molecule has 6 nitrogen and oxygen atoms in total. The van der Waals surface area contributed by atoms with Crippen molar-refractivity contribution in [3.8, 4) is 0 Å². The largest absolute Gasteiger partial charge is 0.478 e. The van der Waals surface area contributed by atoms with E-state index in [1.54, 1.807) is 4.90 Å². The minimum absolute atomic E-state index is 0.160. The fourth-order valence-electron chi connectivity index (χ4n) is 1.66. The molecular formula is C13H19N3O3.